The van der Waals surface area contributed by atoms with Gasteiger partial charge in [0.25, 0.3) is 0 Å². The molecule has 1 saturated heterocycles. The second kappa shape index (κ2) is 10.6. The Morgan fingerprint density at radius 3 is 2.40 bits per heavy atom. The van der Waals surface area contributed by atoms with Gasteiger partial charge in [-0.05, 0) is 37.6 Å². The molecule has 1 aliphatic rings. The van der Waals surface area contributed by atoms with E-state index in [1.54, 1.807) is 7.11 Å². The predicted molar refractivity (Wildman–Crippen MR) is 116 cm³/mol. The van der Waals surface area contributed by atoms with Gasteiger partial charge in [0.15, 0.2) is 0 Å². The first-order valence-electron chi connectivity index (χ1n) is 10.3. The number of hydrogen-bond donors (Lipinski definition) is 3. The van der Waals surface area contributed by atoms with Crippen LogP contribution in [0.15, 0.2) is 54.6 Å². The molecule has 3 amide bonds. The molecule has 4 N–H and O–H groups in total. The Bertz CT molecular complexity index is 837. The largest absolute Gasteiger partial charge is 0.496 e. The number of para-hydroxylation sites is 1. The van der Waals surface area contributed by atoms with Crippen molar-refractivity contribution in [3.05, 3.63) is 65.7 Å². The SMILES string of the molecule is COc1ccccc1[C@H](CNC(=O)[C@@H](Cc1ccccc1)NC(N)=O)N1CCCC1. The molecule has 0 radical (unpaired) electrons. The molecule has 0 bridgehead atoms. The van der Waals surface area contributed by atoms with Crippen molar-refractivity contribution in [1.29, 1.82) is 0 Å². The summed E-state index contributed by atoms with van der Waals surface area (Å²) in [6.07, 6.45) is 2.65. The number of amides is 3. The van der Waals surface area contributed by atoms with Crippen molar-refractivity contribution >= 4 is 11.9 Å². The second-order valence-corrected chi connectivity index (χ2v) is 7.50. The standard InChI is InChI=1S/C23H30N4O3/c1-30-21-12-6-5-11-18(21)20(27-13-7-8-14-27)16-25-22(28)19(26-23(24)29)15-17-9-3-2-4-10-17/h2-6,9-12,19-20H,7-8,13-16H2,1H3,(H,25,28)(H3,24,26,29)/t19-,20+/m1/s1. The number of ether oxygens (including phenoxy) is 1. The number of nitrogens with zero attached hydrogens (tertiary/aromatic N) is 1. The van der Waals surface area contributed by atoms with Crippen molar-refractivity contribution < 1.29 is 14.3 Å². The van der Waals surface area contributed by atoms with Gasteiger partial charge in [0.1, 0.15) is 11.8 Å². The van der Waals surface area contributed by atoms with Gasteiger partial charge >= 0.3 is 6.03 Å². The molecule has 2 aromatic carbocycles. The molecule has 2 aromatic rings. The zero-order chi connectivity index (χ0) is 21.3. The number of nitrogens with two attached hydrogens (primary N) is 1. The van der Waals surface area contributed by atoms with E-state index >= 15 is 0 Å². The van der Waals surface area contributed by atoms with E-state index in [9.17, 15) is 9.59 Å². The summed E-state index contributed by atoms with van der Waals surface area (Å²) in [4.78, 5) is 26.8. The summed E-state index contributed by atoms with van der Waals surface area (Å²) >= 11 is 0. The topological polar surface area (TPSA) is 96.7 Å². The van der Waals surface area contributed by atoms with Crippen LogP contribution in [0.5, 0.6) is 5.75 Å². The lowest BCUT2D eigenvalue weighted by Crippen LogP contribution is -2.51. The Hall–Kier alpha value is -3.06. The van der Waals surface area contributed by atoms with Gasteiger partial charge in [0.05, 0.1) is 13.2 Å². The number of likely N-dealkylation sites (tertiary alicyclic amines) is 1. The van der Waals surface area contributed by atoms with Crippen molar-refractivity contribution in [3.8, 4) is 5.75 Å². The highest BCUT2D eigenvalue weighted by Gasteiger charge is 2.28. The monoisotopic (exact) mass is 410 g/mol. The van der Waals surface area contributed by atoms with E-state index in [0.717, 1.165) is 42.8 Å². The first-order valence-corrected chi connectivity index (χ1v) is 10.3. The summed E-state index contributed by atoms with van der Waals surface area (Å²) in [6, 6.07) is 16.0. The first kappa shape index (κ1) is 21.6. The van der Waals surface area contributed by atoms with Crippen molar-refractivity contribution in [1.82, 2.24) is 15.5 Å². The number of primary amides is 1. The Kier molecular flexibility index (Phi) is 7.68. The molecule has 7 heteroatoms. The van der Waals surface area contributed by atoms with Crippen LogP contribution in [0.4, 0.5) is 4.79 Å². The van der Waals surface area contributed by atoms with E-state index in [1.165, 1.54) is 0 Å². The number of benzene rings is 2. The first-order chi connectivity index (χ1) is 14.6. The van der Waals surface area contributed by atoms with Crippen molar-refractivity contribution in [3.63, 3.8) is 0 Å². The number of rotatable bonds is 9. The van der Waals surface area contributed by atoms with E-state index in [4.69, 9.17) is 10.5 Å². The minimum absolute atomic E-state index is 0.00134. The quantitative estimate of drug-likeness (QED) is 0.591. The molecule has 1 aliphatic heterocycles. The van der Waals surface area contributed by atoms with Gasteiger partial charge in [0, 0.05) is 18.5 Å². The van der Waals surface area contributed by atoms with Crippen LogP contribution in [0, 0.1) is 0 Å². The van der Waals surface area contributed by atoms with Crippen LogP contribution in [0.3, 0.4) is 0 Å². The molecule has 2 atom stereocenters. The molecule has 30 heavy (non-hydrogen) atoms. The Labute approximate surface area is 177 Å². The summed E-state index contributed by atoms with van der Waals surface area (Å²) in [5, 5.41) is 5.60. The molecule has 0 aromatic heterocycles. The van der Waals surface area contributed by atoms with E-state index in [2.05, 4.69) is 15.5 Å². The van der Waals surface area contributed by atoms with Crippen molar-refractivity contribution in [2.75, 3.05) is 26.7 Å². The van der Waals surface area contributed by atoms with Crippen LogP contribution in [0.25, 0.3) is 0 Å². The third-order valence-electron chi connectivity index (χ3n) is 5.46. The summed E-state index contributed by atoms with van der Waals surface area (Å²) < 4.78 is 5.56. The number of carbonyl (C=O) groups excluding carboxylic acids is 2. The van der Waals surface area contributed by atoms with Crippen LogP contribution in [0.2, 0.25) is 0 Å². The molecule has 3 rings (SSSR count). The second-order valence-electron chi connectivity index (χ2n) is 7.50. The van der Waals surface area contributed by atoms with E-state index in [1.807, 2.05) is 54.6 Å². The minimum atomic E-state index is -0.734. The predicted octanol–water partition coefficient (Wildman–Crippen LogP) is 2.23. The fourth-order valence-electron chi connectivity index (χ4n) is 3.98. The summed E-state index contributed by atoms with van der Waals surface area (Å²) in [5.74, 6) is 0.552. The fraction of sp³-hybridized carbons (Fsp3) is 0.391. The molecule has 0 spiro atoms. The van der Waals surface area contributed by atoms with Gasteiger partial charge in [0.2, 0.25) is 5.91 Å². The van der Waals surface area contributed by atoms with Crippen LogP contribution in [-0.4, -0.2) is 49.6 Å². The Balaban J connectivity index is 1.73. The van der Waals surface area contributed by atoms with Gasteiger partial charge in [-0.1, -0.05) is 48.5 Å². The highest BCUT2D eigenvalue weighted by Crippen LogP contribution is 2.31. The van der Waals surface area contributed by atoms with Gasteiger partial charge in [-0.3, -0.25) is 9.69 Å². The van der Waals surface area contributed by atoms with Gasteiger partial charge in [-0.2, -0.15) is 0 Å². The number of carbonyl (C=O) groups is 2. The minimum Gasteiger partial charge on any atom is -0.496 e. The molecule has 160 valence electrons. The molecule has 1 fully saturated rings. The van der Waals surface area contributed by atoms with E-state index in [0.29, 0.717) is 13.0 Å². The third-order valence-corrected chi connectivity index (χ3v) is 5.46. The number of methoxy groups -OCH3 is 1. The lowest BCUT2D eigenvalue weighted by Gasteiger charge is -2.30. The molecular formula is C23H30N4O3. The van der Waals surface area contributed by atoms with Crippen molar-refractivity contribution in [2.45, 2.75) is 31.3 Å². The molecule has 1 heterocycles. The van der Waals surface area contributed by atoms with E-state index in [-0.39, 0.29) is 11.9 Å². The summed E-state index contributed by atoms with van der Waals surface area (Å²) in [7, 11) is 1.66. The molecule has 7 nitrogen and oxygen atoms in total. The Morgan fingerprint density at radius 2 is 1.73 bits per heavy atom. The van der Waals surface area contributed by atoms with Crippen LogP contribution < -0.4 is 21.1 Å². The van der Waals surface area contributed by atoms with Gasteiger partial charge in [-0.15, -0.1) is 0 Å². The number of urea groups is 1. The smallest absolute Gasteiger partial charge is 0.312 e. The lowest BCUT2D eigenvalue weighted by molar-refractivity contribution is -0.123. The Morgan fingerprint density at radius 1 is 1.07 bits per heavy atom. The van der Waals surface area contributed by atoms with E-state index < -0.39 is 12.1 Å². The molecule has 0 aliphatic carbocycles. The molecule has 0 saturated carbocycles. The molecule has 0 unspecified atom stereocenters. The number of hydrogen-bond acceptors (Lipinski definition) is 4. The summed E-state index contributed by atoms with van der Waals surface area (Å²) in [5.41, 5.74) is 7.31. The maximum atomic E-state index is 13.0. The average Bonchev–Trinajstić information content (AvgIpc) is 3.28. The summed E-state index contributed by atoms with van der Waals surface area (Å²) in [6.45, 7) is 2.38. The van der Waals surface area contributed by atoms with Crippen molar-refractivity contribution in [2.24, 2.45) is 5.73 Å². The van der Waals surface area contributed by atoms with Crippen LogP contribution >= 0.6 is 0 Å². The van der Waals surface area contributed by atoms with Crippen LogP contribution in [-0.2, 0) is 11.2 Å². The highest BCUT2D eigenvalue weighted by atomic mass is 16.5. The molecular weight excluding hydrogens is 380 g/mol. The third kappa shape index (κ3) is 5.73. The lowest BCUT2D eigenvalue weighted by atomic mass is 10.0. The zero-order valence-corrected chi connectivity index (χ0v) is 17.3. The average molecular weight is 411 g/mol. The highest BCUT2D eigenvalue weighted by molar-refractivity contribution is 5.86. The normalized spacial score (nSPS) is 15.9. The van der Waals surface area contributed by atoms with Gasteiger partial charge in [-0.25, -0.2) is 4.79 Å². The number of nitrogens with one attached hydrogen (secondary N) is 2. The zero-order valence-electron chi connectivity index (χ0n) is 17.3. The van der Waals surface area contributed by atoms with Crippen LogP contribution in [0.1, 0.15) is 30.0 Å². The maximum absolute atomic E-state index is 13.0. The van der Waals surface area contributed by atoms with Gasteiger partial charge < -0.3 is 21.1 Å². The fourth-order valence-corrected chi connectivity index (χ4v) is 3.98. The maximum Gasteiger partial charge on any atom is 0.312 e.